The first kappa shape index (κ1) is 17.1. The number of methoxy groups -OCH3 is 1. The Balaban J connectivity index is 1.79. The minimum Gasteiger partial charge on any atom is -0.497 e. The lowest BCUT2D eigenvalue weighted by Gasteiger charge is -2.13. The fraction of sp³-hybridized carbons (Fsp3) is 0.0500. The zero-order valence-electron chi connectivity index (χ0n) is 14.5. The van der Waals surface area contributed by atoms with Gasteiger partial charge in [-0.15, -0.1) is 0 Å². The molecule has 0 amide bonds. The van der Waals surface area contributed by atoms with Gasteiger partial charge in [-0.25, -0.2) is 4.98 Å². The van der Waals surface area contributed by atoms with Gasteiger partial charge >= 0.3 is 0 Å². The van der Waals surface area contributed by atoms with E-state index < -0.39 is 0 Å². The summed E-state index contributed by atoms with van der Waals surface area (Å²) in [5, 5.41) is 4.85. The largest absolute Gasteiger partial charge is 0.497 e. The number of pyridine rings is 1. The molecule has 27 heavy (non-hydrogen) atoms. The summed E-state index contributed by atoms with van der Waals surface area (Å²) in [6.07, 6.45) is 3.39. The minimum absolute atomic E-state index is 0.161. The van der Waals surface area contributed by atoms with Crippen LogP contribution in [0.3, 0.4) is 0 Å². The summed E-state index contributed by atoms with van der Waals surface area (Å²) in [6, 6.07) is 15.3. The Morgan fingerprint density at radius 2 is 1.85 bits per heavy atom. The lowest BCUT2D eigenvalue weighted by Crippen LogP contribution is -2.02. The summed E-state index contributed by atoms with van der Waals surface area (Å²) < 4.78 is 5.31. The second kappa shape index (κ2) is 7.09. The van der Waals surface area contributed by atoms with Crippen LogP contribution in [-0.4, -0.2) is 22.1 Å². The van der Waals surface area contributed by atoms with E-state index in [1.807, 2.05) is 36.4 Å². The van der Waals surface area contributed by atoms with Crippen molar-refractivity contribution >= 4 is 40.0 Å². The lowest BCUT2D eigenvalue weighted by molar-refractivity contribution is 0.415. The third-order valence-corrected chi connectivity index (χ3v) is 4.45. The average molecular weight is 378 g/mol. The van der Waals surface area contributed by atoms with Gasteiger partial charge in [0.2, 0.25) is 5.95 Å². The Hall–Kier alpha value is -3.38. The van der Waals surface area contributed by atoms with Gasteiger partial charge in [0.05, 0.1) is 24.5 Å². The van der Waals surface area contributed by atoms with Crippen molar-refractivity contribution in [2.45, 2.75) is 0 Å². The van der Waals surface area contributed by atoms with Gasteiger partial charge in [0.25, 0.3) is 0 Å². The minimum atomic E-state index is 0.161. The summed E-state index contributed by atoms with van der Waals surface area (Å²) >= 11 is 6.40. The van der Waals surface area contributed by atoms with Crippen molar-refractivity contribution in [3.63, 3.8) is 0 Å². The van der Waals surface area contributed by atoms with Gasteiger partial charge in [-0.3, -0.25) is 4.98 Å². The van der Waals surface area contributed by atoms with Gasteiger partial charge in [0.15, 0.2) is 0 Å². The van der Waals surface area contributed by atoms with Crippen LogP contribution in [0.15, 0.2) is 60.9 Å². The summed E-state index contributed by atoms with van der Waals surface area (Å²) in [4.78, 5) is 12.9. The Bertz CT molecular complexity index is 1130. The number of aromatic nitrogens is 3. The molecule has 4 aromatic rings. The molecule has 3 N–H and O–H groups in total. The van der Waals surface area contributed by atoms with Gasteiger partial charge in [0, 0.05) is 27.7 Å². The van der Waals surface area contributed by atoms with E-state index in [0.717, 1.165) is 22.2 Å². The van der Waals surface area contributed by atoms with Crippen LogP contribution in [0.1, 0.15) is 0 Å². The molecule has 2 heterocycles. The van der Waals surface area contributed by atoms with Crippen LogP contribution in [0.2, 0.25) is 5.02 Å². The van der Waals surface area contributed by atoms with Crippen LogP contribution in [0.4, 0.5) is 17.5 Å². The number of nitrogens with zero attached hydrogens (tertiary/aromatic N) is 3. The highest BCUT2D eigenvalue weighted by molar-refractivity contribution is 6.33. The van der Waals surface area contributed by atoms with Crippen LogP contribution in [-0.2, 0) is 0 Å². The van der Waals surface area contributed by atoms with E-state index in [-0.39, 0.29) is 5.95 Å². The number of hydrogen-bond donors (Lipinski definition) is 2. The Labute approximate surface area is 161 Å². The molecule has 0 saturated carbocycles. The number of nitrogens with one attached hydrogen (secondary N) is 1. The van der Waals surface area contributed by atoms with Gasteiger partial charge < -0.3 is 15.8 Å². The smallest absolute Gasteiger partial charge is 0.221 e. The van der Waals surface area contributed by atoms with Gasteiger partial charge in [-0.2, -0.15) is 4.98 Å². The van der Waals surface area contributed by atoms with E-state index in [0.29, 0.717) is 22.2 Å². The van der Waals surface area contributed by atoms with Crippen LogP contribution in [0.25, 0.3) is 22.0 Å². The molecule has 2 aromatic carbocycles. The Kier molecular flexibility index (Phi) is 4.48. The van der Waals surface area contributed by atoms with Crippen molar-refractivity contribution in [1.29, 1.82) is 0 Å². The molecule has 0 radical (unpaired) electrons. The molecule has 0 aliphatic heterocycles. The normalized spacial score (nSPS) is 10.7. The van der Waals surface area contributed by atoms with Crippen molar-refractivity contribution in [2.24, 2.45) is 0 Å². The molecule has 4 rings (SSSR count). The van der Waals surface area contributed by atoms with E-state index in [1.165, 1.54) is 0 Å². The SMILES string of the molecule is COc1ccc(Cl)c(-c2cnc(N)nc2Nc2cnc3ccccc3c2)c1. The molecule has 2 aromatic heterocycles. The van der Waals surface area contributed by atoms with E-state index >= 15 is 0 Å². The third-order valence-electron chi connectivity index (χ3n) is 4.12. The maximum atomic E-state index is 6.40. The maximum Gasteiger partial charge on any atom is 0.221 e. The van der Waals surface area contributed by atoms with Crippen LogP contribution in [0.5, 0.6) is 5.75 Å². The molecular weight excluding hydrogens is 362 g/mol. The van der Waals surface area contributed by atoms with Gasteiger partial charge in [-0.1, -0.05) is 29.8 Å². The zero-order valence-corrected chi connectivity index (χ0v) is 15.2. The number of halogens is 1. The molecule has 0 atom stereocenters. The number of hydrogen-bond acceptors (Lipinski definition) is 6. The van der Waals surface area contributed by atoms with Crippen LogP contribution >= 0.6 is 11.6 Å². The molecule has 0 fully saturated rings. The number of benzene rings is 2. The number of nitrogens with two attached hydrogens (primary N) is 1. The lowest BCUT2D eigenvalue weighted by atomic mass is 10.1. The number of nitrogen functional groups attached to an aromatic ring is 1. The molecule has 0 spiro atoms. The summed E-state index contributed by atoms with van der Waals surface area (Å²) in [5.74, 6) is 1.38. The number of para-hydroxylation sites is 1. The molecule has 7 heteroatoms. The van der Waals surface area contributed by atoms with Crippen LogP contribution in [0, 0.1) is 0 Å². The monoisotopic (exact) mass is 377 g/mol. The Morgan fingerprint density at radius 3 is 2.70 bits per heavy atom. The van der Waals surface area contributed by atoms with Crippen LogP contribution < -0.4 is 15.8 Å². The second-order valence-corrected chi connectivity index (χ2v) is 6.29. The molecule has 134 valence electrons. The predicted octanol–water partition coefficient (Wildman–Crippen LogP) is 4.68. The molecule has 0 aliphatic carbocycles. The summed E-state index contributed by atoms with van der Waals surface area (Å²) in [5.41, 5.74) is 8.96. The maximum absolute atomic E-state index is 6.40. The van der Waals surface area contributed by atoms with Gasteiger partial charge in [-0.05, 0) is 30.3 Å². The Morgan fingerprint density at radius 1 is 1.00 bits per heavy atom. The van der Waals surface area contributed by atoms with Crippen molar-refractivity contribution in [1.82, 2.24) is 15.0 Å². The summed E-state index contributed by atoms with van der Waals surface area (Å²) in [6.45, 7) is 0. The van der Waals surface area contributed by atoms with E-state index in [1.54, 1.807) is 31.6 Å². The first-order valence-electron chi connectivity index (χ1n) is 8.22. The molecule has 0 aliphatic rings. The molecular formula is C20H16ClN5O. The van der Waals surface area contributed by atoms with Crippen molar-refractivity contribution < 1.29 is 4.74 Å². The highest BCUT2D eigenvalue weighted by Crippen LogP contribution is 2.36. The predicted molar refractivity (Wildman–Crippen MR) is 108 cm³/mol. The van der Waals surface area contributed by atoms with E-state index in [4.69, 9.17) is 22.1 Å². The fourth-order valence-electron chi connectivity index (χ4n) is 2.80. The summed E-state index contributed by atoms with van der Waals surface area (Å²) in [7, 11) is 1.60. The zero-order chi connectivity index (χ0) is 18.8. The molecule has 0 bridgehead atoms. The highest BCUT2D eigenvalue weighted by atomic mass is 35.5. The number of rotatable bonds is 4. The number of fused-ring (bicyclic) bond motifs is 1. The van der Waals surface area contributed by atoms with Crippen molar-refractivity contribution in [2.75, 3.05) is 18.2 Å². The van der Waals surface area contributed by atoms with Crippen molar-refractivity contribution in [3.05, 3.63) is 65.9 Å². The standard InChI is InChI=1S/C20H16ClN5O/c1-27-14-6-7-17(21)15(9-14)16-11-24-20(22)26-19(16)25-13-8-12-4-2-3-5-18(12)23-10-13/h2-11H,1H3,(H3,22,24,25,26). The van der Waals surface area contributed by atoms with Crippen molar-refractivity contribution in [3.8, 4) is 16.9 Å². The first-order chi connectivity index (χ1) is 13.1. The average Bonchev–Trinajstić information content (AvgIpc) is 2.69. The highest BCUT2D eigenvalue weighted by Gasteiger charge is 2.14. The molecule has 0 saturated heterocycles. The van der Waals surface area contributed by atoms with E-state index in [2.05, 4.69) is 20.3 Å². The second-order valence-electron chi connectivity index (χ2n) is 5.88. The quantitative estimate of drug-likeness (QED) is 0.537. The molecule has 6 nitrogen and oxygen atoms in total. The number of ether oxygens (including phenoxy) is 1. The van der Waals surface area contributed by atoms with Gasteiger partial charge in [0.1, 0.15) is 11.6 Å². The fourth-order valence-corrected chi connectivity index (χ4v) is 3.02. The topological polar surface area (TPSA) is 86.0 Å². The van der Waals surface area contributed by atoms with E-state index in [9.17, 15) is 0 Å². The molecule has 0 unspecified atom stereocenters. The number of anilines is 3. The first-order valence-corrected chi connectivity index (χ1v) is 8.60. The third kappa shape index (κ3) is 3.47.